The van der Waals surface area contributed by atoms with E-state index >= 15 is 0 Å². The van der Waals surface area contributed by atoms with E-state index in [1.807, 2.05) is 0 Å². The average molecular weight is 335 g/mol. The second-order valence-electron chi connectivity index (χ2n) is 7.54. The topological polar surface area (TPSA) is 3.24 Å². The average Bonchev–Trinajstić information content (AvgIpc) is 2.40. The third-order valence-electron chi connectivity index (χ3n) is 4.86. The normalized spacial score (nSPS) is 13.2. The Morgan fingerprint density at radius 3 is 1.50 bits per heavy atom. The lowest BCUT2D eigenvalue weighted by molar-refractivity contribution is -0.926. The van der Waals surface area contributed by atoms with Gasteiger partial charge in [0.2, 0.25) is 0 Å². The molecule has 0 radical (unpaired) electrons. The van der Waals surface area contributed by atoms with Crippen LogP contribution in [-0.4, -0.2) is 50.3 Å². The van der Waals surface area contributed by atoms with E-state index in [0.717, 1.165) is 4.48 Å². The summed E-state index contributed by atoms with van der Waals surface area (Å²) in [7, 11) is 9.21. The first-order valence-corrected chi connectivity index (χ1v) is 9.44. The fourth-order valence-electron chi connectivity index (χ4n) is 3.64. The minimum absolute atomic E-state index is 0. The van der Waals surface area contributed by atoms with Gasteiger partial charge in [0.25, 0.3) is 0 Å². The van der Waals surface area contributed by atoms with Crippen molar-refractivity contribution >= 4 is 0 Å². The predicted octanol–water partition coefficient (Wildman–Crippen LogP) is 2.29. The van der Waals surface area contributed by atoms with Crippen LogP contribution in [0.2, 0.25) is 0 Å². The molecule has 0 aliphatic carbocycles. The van der Waals surface area contributed by atoms with E-state index in [0.29, 0.717) is 6.17 Å². The van der Waals surface area contributed by atoms with E-state index in [1.165, 1.54) is 77.2 Å². The van der Waals surface area contributed by atoms with Crippen LogP contribution in [0, 0.1) is 0 Å². The molecule has 0 aliphatic rings. The highest BCUT2D eigenvalue weighted by molar-refractivity contribution is 4.53. The standard InChI is InChI=1S/C19H43N2.ClH/c1-7-9-10-11-12-13-14-15-16-17-18-21(5,6)19(8-2)20(3)4;/h19H,7-18H2,1-6H3;1H/q+1;/p-1. The molecule has 0 fully saturated rings. The van der Waals surface area contributed by atoms with Gasteiger partial charge in [-0.25, -0.2) is 0 Å². The summed E-state index contributed by atoms with van der Waals surface area (Å²) in [6.07, 6.45) is 16.2. The first-order chi connectivity index (χ1) is 9.95. The zero-order valence-corrected chi connectivity index (χ0v) is 17.1. The van der Waals surface area contributed by atoms with Crippen LogP contribution in [0.4, 0.5) is 0 Å². The van der Waals surface area contributed by atoms with E-state index in [2.05, 4.69) is 46.9 Å². The van der Waals surface area contributed by atoms with E-state index in [-0.39, 0.29) is 12.4 Å². The molecule has 0 heterocycles. The van der Waals surface area contributed by atoms with E-state index in [4.69, 9.17) is 0 Å². The summed E-state index contributed by atoms with van der Waals surface area (Å²) in [5.74, 6) is 0. The summed E-state index contributed by atoms with van der Waals surface area (Å²) in [6, 6.07) is 0. The van der Waals surface area contributed by atoms with Gasteiger partial charge >= 0.3 is 0 Å². The van der Waals surface area contributed by atoms with Gasteiger partial charge in [0, 0.05) is 6.42 Å². The fourth-order valence-corrected chi connectivity index (χ4v) is 3.64. The molecule has 0 N–H and O–H groups in total. The molecule has 3 heteroatoms. The quantitative estimate of drug-likeness (QED) is 0.268. The third-order valence-corrected chi connectivity index (χ3v) is 4.86. The van der Waals surface area contributed by atoms with Crippen molar-refractivity contribution in [2.75, 3.05) is 34.7 Å². The highest BCUT2D eigenvalue weighted by Crippen LogP contribution is 2.16. The molecule has 0 bridgehead atoms. The first-order valence-electron chi connectivity index (χ1n) is 9.44. The minimum atomic E-state index is 0. The van der Waals surface area contributed by atoms with Crippen molar-refractivity contribution in [1.29, 1.82) is 0 Å². The SMILES string of the molecule is CCCCCCCCCCCC[N+](C)(C)C(CC)N(C)C.[Cl-]. The summed E-state index contributed by atoms with van der Waals surface area (Å²) >= 11 is 0. The Morgan fingerprint density at radius 2 is 1.14 bits per heavy atom. The van der Waals surface area contributed by atoms with Crippen molar-refractivity contribution in [3.8, 4) is 0 Å². The summed E-state index contributed by atoms with van der Waals surface area (Å²) in [5, 5.41) is 0. The Labute approximate surface area is 147 Å². The van der Waals surface area contributed by atoms with Gasteiger partial charge in [0.15, 0.2) is 0 Å². The van der Waals surface area contributed by atoms with Crippen molar-refractivity contribution in [3.63, 3.8) is 0 Å². The van der Waals surface area contributed by atoms with Crippen LogP contribution in [0.25, 0.3) is 0 Å². The van der Waals surface area contributed by atoms with Gasteiger partial charge in [-0.3, -0.25) is 4.90 Å². The molecule has 0 aromatic carbocycles. The highest BCUT2D eigenvalue weighted by Gasteiger charge is 2.27. The number of halogens is 1. The molecule has 22 heavy (non-hydrogen) atoms. The van der Waals surface area contributed by atoms with Crippen LogP contribution in [0.3, 0.4) is 0 Å². The monoisotopic (exact) mass is 334 g/mol. The highest BCUT2D eigenvalue weighted by atomic mass is 35.5. The smallest absolute Gasteiger partial charge is 0.144 e. The molecule has 0 aliphatic heterocycles. The summed E-state index contributed by atoms with van der Waals surface area (Å²) in [6.45, 7) is 5.91. The summed E-state index contributed by atoms with van der Waals surface area (Å²) < 4.78 is 1.14. The molecule has 2 nitrogen and oxygen atoms in total. The molecule has 136 valence electrons. The van der Waals surface area contributed by atoms with Gasteiger partial charge < -0.3 is 16.9 Å². The van der Waals surface area contributed by atoms with Crippen molar-refractivity contribution in [2.24, 2.45) is 0 Å². The molecule has 0 saturated heterocycles. The van der Waals surface area contributed by atoms with Gasteiger partial charge in [-0.1, -0.05) is 65.2 Å². The third kappa shape index (κ3) is 11.7. The molecule has 1 atom stereocenters. The maximum atomic E-state index is 2.39. The Hall–Kier alpha value is 0.210. The molecule has 0 amide bonds. The lowest BCUT2D eigenvalue weighted by Gasteiger charge is -2.41. The van der Waals surface area contributed by atoms with Gasteiger partial charge in [0.1, 0.15) is 6.17 Å². The van der Waals surface area contributed by atoms with Gasteiger partial charge in [0.05, 0.1) is 20.6 Å². The van der Waals surface area contributed by atoms with Crippen LogP contribution in [0.15, 0.2) is 0 Å². The molecule has 0 aromatic heterocycles. The Morgan fingerprint density at radius 1 is 0.727 bits per heavy atom. The number of hydrogen-bond acceptors (Lipinski definition) is 1. The van der Waals surface area contributed by atoms with E-state index in [9.17, 15) is 0 Å². The summed E-state index contributed by atoms with van der Waals surface area (Å²) in [4.78, 5) is 2.39. The number of nitrogens with zero attached hydrogens (tertiary/aromatic N) is 2. The van der Waals surface area contributed by atoms with E-state index < -0.39 is 0 Å². The van der Waals surface area contributed by atoms with Gasteiger partial charge in [-0.2, -0.15) is 0 Å². The van der Waals surface area contributed by atoms with Crippen LogP contribution in [-0.2, 0) is 0 Å². The maximum absolute atomic E-state index is 2.39. The molecule has 0 aromatic rings. The fraction of sp³-hybridized carbons (Fsp3) is 1.00. The first kappa shape index (κ1) is 24.5. The van der Waals surface area contributed by atoms with Crippen LogP contribution in [0.5, 0.6) is 0 Å². The number of rotatable bonds is 14. The second kappa shape index (κ2) is 14.8. The van der Waals surface area contributed by atoms with Crippen LogP contribution < -0.4 is 12.4 Å². The number of unbranched alkanes of at least 4 members (excludes halogenated alkanes) is 9. The second-order valence-corrected chi connectivity index (χ2v) is 7.54. The Kier molecular flexibility index (Phi) is 16.4. The van der Waals surface area contributed by atoms with Crippen molar-refractivity contribution in [2.45, 2.75) is 90.6 Å². The minimum Gasteiger partial charge on any atom is -1.00 e. The van der Waals surface area contributed by atoms with Crippen LogP contribution >= 0.6 is 0 Å². The van der Waals surface area contributed by atoms with E-state index in [1.54, 1.807) is 0 Å². The molecular weight excluding hydrogens is 292 g/mol. The zero-order valence-electron chi connectivity index (χ0n) is 16.3. The van der Waals surface area contributed by atoms with Crippen molar-refractivity contribution < 1.29 is 16.9 Å². The zero-order chi connectivity index (χ0) is 16.1. The molecule has 1 unspecified atom stereocenters. The lowest BCUT2D eigenvalue weighted by Crippen LogP contribution is -3.00. The molecule has 0 spiro atoms. The molecule has 0 saturated carbocycles. The number of quaternary nitrogens is 1. The Balaban J connectivity index is 0. The maximum Gasteiger partial charge on any atom is 0.144 e. The summed E-state index contributed by atoms with van der Waals surface area (Å²) in [5.41, 5.74) is 0. The molecule has 0 rings (SSSR count). The van der Waals surface area contributed by atoms with Gasteiger partial charge in [-0.15, -0.1) is 0 Å². The molecular formula is C19H43ClN2. The lowest BCUT2D eigenvalue weighted by atomic mass is 10.1. The van der Waals surface area contributed by atoms with Crippen LogP contribution in [0.1, 0.15) is 84.5 Å². The van der Waals surface area contributed by atoms with Crippen molar-refractivity contribution in [3.05, 3.63) is 0 Å². The largest absolute Gasteiger partial charge is 1.00 e. The predicted molar refractivity (Wildman–Crippen MR) is 96.6 cm³/mol. The van der Waals surface area contributed by atoms with Gasteiger partial charge in [-0.05, 0) is 26.9 Å². The Bertz CT molecular complexity index is 229. The van der Waals surface area contributed by atoms with Crippen molar-refractivity contribution in [1.82, 2.24) is 4.90 Å². The number of hydrogen-bond donors (Lipinski definition) is 0.